The van der Waals surface area contributed by atoms with Gasteiger partial charge in [0.1, 0.15) is 0 Å². The average molecular weight is 468 g/mol. The summed E-state index contributed by atoms with van der Waals surface area (Å²) in [4.78, 5) is 36.0. The summed E-state index contributed by atoms with van der Waals surface area (Å²) >= 11 is 0. The van der Waals surface area contributed by atoms with Gasteiger partial charge in [-0.3, -0.25) is 24.4 Å². The highest BCUT2D eigenvalue weighted by molar-refractivity contribution is 6.25. The molecule has 1 aliphatic carbocycles. The van der Waals surface area contributed by atoms with E-state index in [1.165, 1.54) is 0 Å². The number of benzene rings is 1. The fourth-order valence-corrected chi connectivity index (χ4v) is 5.07. The van der Waals surface area contributed by atoms with Crippen LogP contribution >= 0.6 is 0 Å². The van der Waals surface area contributed by atoms with Crippen molar-refractivity contribution in [2.24, 2.45) is 16.8 Å². The number of hydrogen-bond donors (Lipinski definition) is 2. The van der Waals surface area contributed by atoms with E-state index in [9.17, 15) is 9.59 Å². The molecular formula is C25H33N5O4. The second-order valence-electron chi connectivity index (χ2n) is 9.09. The largest absolute Gasteiger partial charge is 0.383 e. The van der Waals surface area contributed by atoms with Gasteiger partial charge in [-0.05, 0) is 12.1 Å². The Balaban J connectivity index is 1.35. The molecule has 182 valence electrons. The molecule has 9 nitrogen and oxygen atoms in total. The van der Waals surface area contributed by atoms with Crippen LogP contribution in [0.1, 0.15) is 20.7 Å². The molecular weight excluding hydrogens is 434 g/mol. The average Bonchev–Trinajstić information content (AvgIpc) is 2.89. The Morgan fingerprint density at radius 1 is 0.794 bits per heavy atom. The number of hydrogen-bond acceptors (Lipinski definition) is 9. The lowest BCUT2D eigenvalue weighted by molar-refractivity contribution is 0.0398. The third-order valence-corrected chi connectivity index (χ3v) is 7.01. The summed E-state index contributed by atoms with van der Waals surface area (Å²) in [5, 5.41) is 6.87. The Labute approximate surface area is 200 Å². The van der Waals surface area contributed by atoms with Crippen molar-refractivity contribution in [3.05, 3.63) is 35.5 Å². The van der Waals surface area contributed by atoms with Crippen LogP contribution in [0, 0.1) is 11.8 Å². The Kier molecular flexibility index (Phi) is 7.34. The van der Waals surface area contributed by atoms with Crippen molar-refractivity contribution in [1.29, 1.82) is 0 Å². The molecule has 0 aromatic heterocycles. The van der Waals surface area contributed by atoms with Crippen LogP contribution in [0.4, 0.5) is 11.4 Å². The van der Waals surface area contributed by atoms with Gasteiger partial charge in [-0.1, -0.05) is 6.08 Å². The van der Waals surface area contributed by atoms with E-state index >= 15 is 0 Å². The lowest BCUT2D eigenvalue weighted by Gasteiger charge is -2.32. The number of nitrogens with one attached hydrogen (secondary N) is 2. The molecule has 0 radical (unpaired) electrons. The third kappa shape index (κ3) is 4.93. The maximum Gasteiger partial charge on any atom is 0.175 e. The van der Waals surface area contributed by atoms with Crippen LogP contribution in [-0.4, -0.2) is 106 Å². The molecule has 2 saturated heterocycles. The molecule has 0 spiro atoms. The first kappa shape index (κ1) is 23.2. The minimum absolute atomic E-state index is 0.0206. The molecule has 2 unspecified atom stereocenters. The van der Waals surface area contributed by atoms with Crippen LogP contribution in [0.25, 0.3) is 0 Å². The van der Waals surface area contributed by atoms with Gasteiger partial charge in [0.25, 0.3) is 0 Å². The molecule has 3 heterocycles. The monoisotopic (exact) mass is 467 g/mol. The summed E-state index contributed by atoms with van der Waals surface area (Å²) < 4.78 is 10.8. The fourth-order valence-electron chi connectivity index (χ4n) is 5.07. The normalized spacial score (nSPS) is 25.2. The Bertz CT molecular complexity index is 889. The third-order valence-electron chi connectivity index (χ3n) is 7.01. The zero-order chi connectivity index (χ0) is 23.3. The maximum atomic E-state index is 13.6. The van der Waals surface area contributed by atoms with E-state index in [2.05, 4.69) is 25.4 Å². The minimum atomic E-state index is -0.534. The van der Waals surface area contributed by atoms with Crippen molar-refractivity contribution < 1.29 is 19.1 Å². The first-order valence-electron chi connectivity index (χ1n) is 12.3. The van der Waals surface area contributed by atoms with Crippen LogP contribution < -0.4 is 10.6 Å². The first-order chi connectivity index (χ1) is 16.7. The van der Waals surface area contributed by atoms with Gasteiger partial charge in [0.2, 0.25) is 0 Å². The van der Waals surface area contributed by atoms with Gasteiger partial charge >= 0.3 is 0 Å². The molecule has 5 rings (SSSR count). The van der Waals surface area contributed by atoms with Gasteiger partial charge < -0.3 is 20.1 Å². The molecule has 0 bridgehead atoms. The number of nitrogens with zero attached hydrogens (tertiary/aromatic N) is 3. The van der Waals surface area contributed by atoms with Crippen LogP contribution in [0.15, 0.2) is 29.4 Å². The number of fused-ring (bicyclic) bond motifs is 2. The molecule has 2 atom stereocenters. The van der Waals surface area contributed by atoms with Crippen molar-refractivity contribution in [2.75, 3.05) is 89.4 Å². The van der Waals surface area contributed by atoms with Crippen LogP contribution in [0.3, 0.4) is 0 Å². The quantitative estimate of drug-likeness (QED) is 0.592. The Hall–Kier alpha value is -2.59. The second kappa shape index (κ2) is 10.8. The highest BCUT2D eigenvalue weighted by Gasteiger charge is 2.42. The minimum Gasteiger partial charge on any atom is -0.383 e. The van der Waals surface area contributed by atoms with Gasteiger partial charge in [-0.2, -0.15) is 0 Å². The summed E-state index contributed by atoms with van der Waals surface area (Å²) in [6, 6.07) is 3.86. The van der Waals surface area contributed by atoms with E-state index in [4.69, 9.17) is 9.47 Å². The van der Waals surface area contributed by atoms with E-state index in [1.54, 1.807) is 18.5 Å². The highest BCUT2D eigenvalue weighted by atomic mass is 16.5. The van der Waals surface area contributed by atoms with E-state index in [1.807, 2.05) is 12.1 Å². The smallest absolute Gasteiger partial charge is 0.175 e. The zero-order valence-corrected chi connectivity index (χ0v) is 19.5. The second-order valence-corrected chi connectivity index (χ2v) is 9.09. The fraction of sp³-hybridized carbons (Fsp3) is 0.560. The molecule has 0 amide bonds. The molecule has 3 aliphatic heterocycles. The number of carbonyl (C=O) groups is 2. The Morgan fingerprint density at radius 2 is 1.29 bits per heavy atom. The number of ketones is 2. The molecule has 9 heteroatoms. The van der Waals surface area contributed by atoms with Gasteiger partial charge in [0.15, 0.2) is 11.6 Å². The number of rotatable bonds is 8. The molecule has 1 aromatic carbocycles. The van der Waals surface area contributed by atoms with Crippen molar-refractivity contribution in [1.82, 2.24) is 9.80 Å². The lowest BCUT2D eigenvalue weighted by atomic mass is 9.72. The van der Waals surface area contributed by atoms with E-state index < -0.39 is 11.8 Å². The Morgan fingerprint density at radius 3 is 1.82 bits per heavy atom. The van der Waals surface area contributed by atoms with Crippen LogP contribution in [-0.2, 0) is 9.47 Å². The summed E-state index contributed by atoms with van der Waals surface area (Å²) in [5.74, 6) is -1.08. The van der Waals surface area contributed by atoms with Crippen molar-refractivity contribution in [3.8, 4) is 0 Å². The van der Waals surface area contributed by atoms with Gasteiger partial charge in [0, 0.05) is 76.1 Å². The molecule has 0 saturated carbocycles. The number of aliphatic imine (C=N–C) groups is 1. The first-order valence-corrected chi connectivity index (χ1v) is 12.3. The standard InChI is InChI=1S/C25H33N5O4/c31-24-18-3-4-26-17-19(18)25(32)23-21(28-6-8-30-11-15-34-16-12-30)2-1-20(22(23)24)27-5-7-29-9-13-33-14-10-29/h1-4,17-19,27-28H,5-16H2. The zero-order valence-electron chi connectivity index (χ0n) is 19.5. The van der Waals surface area contributed by atoms with Gasteiger partial charge in [0.05, 0.1) is 49.4 Å². The lowest BCUT2D eigenvalue weighted by Crippen LogP contribution is -2.40. The van der Waals surface area contributed by atoms with Gasteiger partial charge in [-0.15, -0.1) is 0 Å². The predicted octanol–water partition coefficient (Wildman–Crippen LogP) is 1.38. The topological polar surface area (TPSA) is 95.5 Å². The number of anilines is 2. The SMILES string of the molecule is O=C1c2c(NCCN3CCOCC3)ccc(NCCN3CCOCC3)c2C(=O)C2C=NC=CC12. The van der Waals surface area contributed by atoms with Crippen molar-refractivity contribution >= 4 is 29.2 Å². The highest BCUT2D eigenvalue weighted by Crippen LogP contribution is 2.39. The number of carbonyl (C=O) groups excluding carboxylic acids is 2. The van der Waals surface area contributed by atoms with E-state index in [0.717, 1.165) is 77.1 Å². The van der Waals surface area contributed by atoms with Crippen LogP contribution in [0.2, 0.25) is 0 Å². The number of allylic oxidation sites excluding steroid dienone is 1. The molecule has 1 aromatic rings. The summed E-state index contributed by atoms with van der Waals surface area (Å²) in [6.45, 7) is 9.78. The molecule has 2 N–H and O–H groups in total. The number of Topliss-reactive ketones (excluding diaryl/α,β-unsaturated/α-hetero) is 2. The van der Waals surface area contributed by atoms with E-state index in [-0.39, 0.29) is 11.6 Å². The maximum absolute atomic E-state index is 13.6. The number of ether oxygens (including phenoxy) is 2. The number of morpholine rings is 2. The predicted molar refractivity (Wildman–Crippen MR) is 131 cm³/mol. The summed E-state index contributed by atoms with van der Waals surface area (Å²) in [5.41, 5.74) is 2.45. The van der Waals surface area contributed by atoms with Crippen molar-refractivity contribution in [3.63, 3.8) is 0 Å². The molecule has 4 aliphatic rings. The molecule has 34 heavy (non-hydrogen) atoms. The summed E-state index contributed by atoms with van der Waals surface area (Å²) in [6.07, 6.45) is 4.99. The van der Waals surface area contributed by atoms with Crippen molar-refractivity contribution in [2.45, 2.75) is 0 Å². The van der Waals surface area contributed by atoms with Crippen LogP contribution in [0.5, 0.6) is 0 Å². The molecule has 2 fully saturated rings. The van der Waals surface area contributed by atoms with Gasteiger partial charge in [-0.25, -0.2) is 0 Å². The summed E-state index contributed by atoms with van der Waals surface area (Å²) in [7, 11) is 0. The van der Waals surface area contributed by atoms with E-state index in [0.29, 0.717) is 24.2 Å².